The maximum Gasteiger partial charge on any atom is 0.151 e. The average molecular weight is 220 g/mol. The molecule has 0 aliphatic carbocycles. The van der Waals surface area contributed by atoms with Crippen LogP contribution in [-0.4, -0.2) is 23.9 Å². The van der Waals surface area contributed by atoms with E-state index in [9.17, 15) is 4.79 Å². The van der Waals surface area contributed by atoms with Crippen molar-refractivity contribution in [1.29, 1.82) is 0 Å². The molecule has 0 radical (unpaired) electrons. The second kappa shape index (κ2) is 4.64. The lowest BCUT2D eigenvalue weighted by atomic mass is 9.99. The van der Waals surface area contributed by atoms with Gasteiger partial charge in [0.2, 0.25) is 0 Å². The van der Waals surface area contributed by atoms with E-state index in [0.29, 0.717) is 5.56 Å². The first-order chi connectivity index (χ1) is 7.42. The van der Waals surface area contributed by atoms with Gasteiger partial charge in [0, 0.05) is 24.3 Å². The fraction of sp³-hybridized carbons (Fsp3) is 0.538. The average Bonchev–Trinajstić information content (AvgIpc) is 2.28. The highest BCUT2D eigenvalue weighted by molar-refractivity contribution is 5.75. The van der Waals surface area contributed by atoms with Crippen LogP contribution in [0.1, 0.15) is 43.1 Å². The second-order valence-corrected chi connectivity index (χ2v) is 4.75. The maximum absolute atomic E-state index is 10.6. The van der Waals surface area contributed by atoms with Gasteiger partial charge in [-0.05, 0) is 38.8 Å². The van der Waals surface area contributed by atoms with E-state index >= 15 is 0 Å². The zero-order valence-corrected chi connectivity index (χ0v) is 10.7. The van der Waals surface area contributed by atoms with Gasteiger partial charge in [-0.25, -0.2) is 4.98 Å². The van der Waals surface area contributed by atoms with Crippen molar-refractivity contribution in [3.63, 3.8) is 0 Å². The van der Waals surface area contributed by atoms with E-state index in [0.717, 1.165) is 24.1 Å². The Morgan fingerprint density at radius 2 is 2.12 bits per heavy atom. The number of nitrogens with zero attached hydrogens (tertiary/aromatic N) is 2. The van der Waals surface area contributed by atoms with Crippen molar-refractivity contribution in [2.45, 2.75) is 39.7 Å². The molecule has 16 heavy (non-hydrogen) atoms. The molecule has 0 unspecified atom stereocenters. The fourth-order valence-electron chi connectivity index (χ4n) is 1.53. The molecule has 0 bridgehead atoms. The summed E-state index contributed by atoms with van der Waals surface area (Å²) in [5, 5.41) is 0. The molecule has 3 heteroatoms. The molecule has 88 valence electrons. The summed E-state index contributed by atoms with van der Waals surface area (Å²) in [6, 6.07) is 1.87. The molecule has 1 rings (SSSR count). The van der Waals surface area contributed by atoms with Crippen molar-refractivity contribution in [2.75, 3.05) is 11.9 Å². The minimum atomic E-state index is 0.0699. The first kappa shape index (κ1) is 12.7. The molecule has 0 aromatic carbocycles. The molecule has 0 N–H and O–H groups in total. The van der Waals surface area contributed by atoms with Gasteiger partial charge in [0.15, 0.2) is 6.29 Å². The van der Waals surface area contributed by atoms with Crippen LogP contribution in [0.5, 0.6) is 0 Å². The first-order valence-electron chi connectivity index (χ1n) is 5.58. The Balaban J connectivity index is 3.09. The van der Waals surface area contributed by atoms with Gasteiger partial charge >= 0.3 is 0 Å². The summed E-state index contributed by atoms with van der Waals surface area (Å²) >= 11 is 0. The molecule has 3 nitrogen and oxygen atoms in total. The van der Waals surface area contributed by atoms with Crippen LogP contribution in [0.4, 0.5) is 5.82 Å². The van der Waals surface area contributed by atoms with Gasteiger partial charge in [-0.15, -0.1) is 0 Å². The minimum Gasteiger partial charge on any atom is -0.354 e. The third-order valence-electron chi connectivity index (χ3n) is 3.30. The van der Waals surface area contributed by atoms with Crippen LogP contribution in [0.2, 0.25) is 0 Å². The topological polar surface area (TPSA) is 33.2 Å². The van der Waals surface area contributed by atoms with Crippen molar-refractivity contribution in [3.05, 3.63) is 23.4 Å². The first-order valence-corrected chi connectivity index (χ1v) is 5.58. The summed E-state index contributed by atoms with van der Waals surface area (Å²) in [7, 11) is 2.04. The number of aldehydes is 1. The molecule has 1 heterocycles. The Kier molecular flexibility index (Phi) is 3.68. The summed E-state index contributed by atoms with van der Waals surface area (Å²) < 4.78 is 0. The molecular weight excluding hydrogens is 200 g/mol. The predicted molar refractivity (Wildman–Crippen MR) is 67.1 cm³/mol. The van der Waals surface area contributed by atoms with Gasteiger partial charge in [-0.1, -0.05) is 6.92 Å². The Labute approximate surface area is 97.5 Å². The predicted octanol–water partition coefficient (Wildman–Crippen LogP) is 2.83. The lowest BCUT2D eigenvalue weighted by molar-refractivity contribution is 0.112. The summed E-state index contributed by atoms with van der Waals surface area (Å²) in [5.74, 6) is 0.942. The van der Waals surface area contributed by atoms with E-state index in [-0.39, 0.29) is 5.54 Å². The van der Waals surface area contributed by atoms with Gasteiger partial charge in [-0.2, -0.15) is 0 Å². The van der Waals surface area contributed by atoms with E-state index < -0.39 is 0 Å². The lowest BCUT2D eigenvalue weighted by Gasteiger charge is -2.36. The molecule has 0 saturated carbocycles. The molecule has 0 atom stereocenters. The number of carbonyl (C=O) groups is 1. The van der Waals surface area contributed by atoms with Crippen LogP contribution in [0.3, 0.4) is 0 Å². The number of anilines is 1. The van der Waals surface area contributed by atoms with Crippen molar-refractivity contribution >= 4 is 12.1 Å². The lowest BCUT2D eigenvalue weighted by Crippen LogP contribution is -2.41. The standard InChI is InChI=1S/C13H20N2O/c1-6-13(3,4)15(5)12-10(2)7-11(9-16)8-14-12/h7-9H,6H2,1-5H3. The molecule has 1 aromatic rings. The highest BCUT2D eigenvalue weighted by atomic mass is 16.1. The highest BCUT2D eigenvalue weighted by Gasteiger charge is 2.23. The number of pyridine rings is 1. The van der Waals surface area contributed by atoms with Crippen LogP contribution < -0.4 is 4.90 Å². The third-order valence-corrected chi connectivity index (χ3v) is 3.30. The Hall–Kier alpha value is -1.38. The zero-order chi connectivity index (χ0) is 12.3. The van der Waals surface area contributed by atoms with Crippen molar-refractivity contribution in [3.8, 4) is 0 Å². The fourth-order valence-corrected chi connectivity index (χ4v) is 1.53. The van der Waals surface area contributed by atoms with E-state index in [1.807, 2.05) is 20.0 Å². The van der Waals surface area contributed by atoms with E-state index in [4.69, 9.17) is 0 Å². The number of aromatic nitrogens is 1. The zero-order valence-electron chi connectivity index (χ0n) is 10.7. The Morgan fingerprint density at radius 3 is 2.56 bits per heavy atom. The Bertz CT molecular complexity index is 386. The normalized spacial score (nSPS) is 11.3. The smallest absolute Gasteiger partial charge is 0.151 e. The quantitative estimate of drug-likeness (QED) is 0.731. The SMILES string of the molecule is CCC(C)(C)N(C)c1ncc(C=O)cc1C. The number of hydrogen-bond donors (Lipinski definition) is 0. The van der Waals surface area contributed by atoms with E-state index in [1.165, 1.54) is 0 Å². The molecule has 1 aromatic heterocycles. The minimum absolute atomic E-state index is 0.0699. The second-order valence-electron chi connectivity index (χ2n) is 4.75. The van der Waals surface area contributed by atoms with Crippen molar-refractivity contribution in [1.82, 2.24) is 4.98 Å². The van der Waals surface area contributed by atoms with Crippen molar-refractivity contribution in [2.24, 2.45) is 0 Å². The molecule has 0 spiro atoms. The van der Waals surface area contributed by atoms with E-state index in [1.54, 1.807) is 6.20 Å². The van der Waals surface area contributed by atoms with Crippen LogP contribution in [0.15, 0.2) is 12.3 Å². The summed E-state index contributed by atoms with van der Waals surface area (Å²) in [5.41, 5.74) is 1.73. The van der Waals surface area contributed by atoms with Crippen molar-refractivity contribution < 1.29 is 4.79 Å². The molecule has 0 amide bonds. The molecular formula is C13H20N2O. The number of carbonyl (C=O) groups excluding carboxylic acids is 1. The largest absolute Gasteiger partial charge is 0.354 e. The number of aryl methyl sites for hydroxylation is 1. The highest BCUT2D eigenvalue weighted by Crippen LogP contribution is 2.25. The van der Waals surface area contributed by atoms with Gasteiger partial charge in [0.25, 0.3) is 0 Å². The van der Waals surface area contributed by atoms with E-state index in [2.05, 4.69) is 30.7 Å². The van der Waals surface area contributed by atoms with Gasteiger partial charge in [0.1, 0.15) is 5.82 Å². The third kappa shape index (κ3) is 2.40. The molecule has 0 aliphatic heterocycles. The maximum atomic E-state index is 10.6. The van der Waals surface area contributed by atoms with Gasteiger partial charge in [0.05, 0.1) is 0 Å². The van der Waals surface area contributed by atoms with Crippen LogP contribution >= 0.6 is 0 Å². The van der Waals surface area contributed by atoms with Crippen LogP contribution in [0, 0.1) is 6.92 Å². The van der Waals surface area contributed by atoms with Crippen LogP contribution in [-0.2, 0) is 0 Å². The molecule has 0 aliphatic rings. The Morgan fingerprint density at radius 1 is 1.50 bits per heavy atom. The van der Waals surface area contributed by atoms with Gasteiger partial charge < -0.3 is 4.90 Å². The van der Waals surface area contributed by atoms with Crippen LogP contribution in [0.25, 0.3) is 0 Å². The molecule has 0 fully saturated rings. The van der Waals surface area contributed by atoms with Gasteiger partial charge in [-0.3, -0.25) is 4.79 Å². The summed E-state index contributed by atoms with van der Waals surface area (Å²) in [4.78, 5) is 17.2. The number of rotatable bonds is 4. The number of hydrogen-bond acceptors (Lipinski definition) is 3. The monoisotopic (exact) mass is 220 g/mol. The summed E-state index contributed by atoms with van der Waals surface area (Å²) in [6.45, 7) is 8.51. The molecule has 0 saturated heterocycles. The summed E-state index contributed by atoms with van der Waals surface area (Å²) in [6.07, 6.45) is 3.49.